The van der Waals surface area contributed by atoms with Crippen LogP contribution in [0.15, 0.2) is 52.6 Å². The maximum absolute atomic E-state index is 13.2. The second kappa shape index (κ2) is 11.3. The smallest absolute Gasteiger partial charge is 0.243 e. The molecular formula is C21H33N7O2S. The van der Waals surface area contributed by atoms with Gasteiger partial charge < -0.3 is 15.5 Å². The van der Waals surface area contributed by atoms with E-state index in [1.54, 1.807) is 22.6 Å². The minimum Gasteiger partial charge on any atom is -0.357 e. The number of aliphatic imine (C=N–C) groups is 1. The molecule has 1 aliphatic heterocycles. The number of likely N-dealkylation sites (N-methyl/N-ethyl adjacent to an activating group) is 1. The number of aromatic nitrogens is 2. The molecule has 1 aromatic heterocycles. The maximum Gasteiger partial charge on any atom is 0.243 e. The monoisotopic (exact) mass is 447 g/mol. The summed E-state index contributed by atoms with van der Waals surface area (Å²) in [5, 5.41) is 10.7. The SMILES string of the molecule is CCNC(=NCc1ccccc1S(=O)(=O)N1CCN(C)CC1)NCCCn1cccn1. The second-order valence-corrected chi connectivity index (χ2v) is 9.47. The molecule has 0 spiro atoms. The van der Waals surface area contributed by atoms with E-state index in [4.69, 9.17) is 0 Å². The Hall–Kier alpha value is -2.43. The van der Waals surface area contributed by atoms with Gasteiger partial charge in [0.25, 0.3) is 0 Å². The largest absolute Gasteiger partial charge is 0.357 e. The standard InChI is InChI=1S/C21H33N7O2S/c1-3-22-21(23-10-6-12-27-13-7-11-25-27)24-18-19-8-4-5-9-20(19)31(29,30)28-16-14-26(2)15-17-28/h4-5,7-9,11,13H,3,6,10,12,14-18H2,1-2H3,(H2,22,23,24). The van der Waals surface area contributed by atoms with Gasteiger partial charge in [-0.1, -0.05) is 18.2 Å². The molecule has 31 heavy (non-hydrogen) atoms. The van der Waals surface area contributed by atoms with E-state index in [1.807, 2.05) is 43.0 Å². The van der Waals surface area contributed by atoms with Gasteiger partial charge in [-0.15, -0.1) is 0 Å². The Morgan fingerprint density at radius 3 is 2.61 bits per heavy atom. The first-order valence-electron chi connectivity index (χ1n) is 10.8. The predicted molar refractivity (Wildman–Crippen MR) is 122 cm³/mol. The summed E-state index contributed by atoms with van der Waals surface area (Å²) < 4.78 is 29.9. The van der Waals surface area contributed by atoms with Crippen LogP contribution in [0.1, 0.15) is 18.9 Å². The second-order valence-electron chi connectivity index (χ2n) is 7.56. The summed E-state index contributed by atoms with van der Waals surface area (Å²) >= 11 is 0. The number of guanidine groups is 1. The number of nitrogens with one attached hydrogen (secondary N) is 2. The normalized spacial score (nSPS) is 16.4. The molecule has 1 aromatic carbocycles. The summed E-state index contributed by atoms with van der Waals surface area (Å²) in [6.07, 6.45) is 4.62. The molecular weight excluding hydrogens is 414 g/mol. The van der Waals surface area contributed by atoms with Crippen LogP contribution in [0.4, 0.5) is 0 Å². The highest BCUT2D eigenvalue weighted by atomic mass is 32.2. The van der Waals surface area contributed by atoms with Gasteiger partial charge in [0.15, 0.2) is 5.96 Å². The first-order valence-corrected chi connectivity index (χ1v) is 12.2. The number of piperazine rings is 1. The lowest BCUT2D eigenvalue weighted by Gasteiger charge is -2.32. The van der Waals surface area contributed by atoms with Crippen molar-refractivity contribution in [3.8, 4) is 0 Å². The minimum atomic E-state index is -3.54. The first-order chi connectivity index (χ1) is 15.0. The van der Waals surface area contributed by atoms with Gasteiger partial charge in [0.2, 0.25) is 10.0 Å². The Balaban J connectivity index is 1.65. The van der Waals surface area contributed by atoms with Crippen molar-refractivity contribution in [2.45, 2.75) is 31.3 Å². The van der Waals surface area contributed by atoms with Crippen molar-refractivity contribution in [1.82, 2.24) is 29.6 Å². The number of benzene rings is 1. The topological polar surface area (TPSA) is 94.9 Å². The number of rotatable bonds is 9. The molecule has 0 bridgehead atoms. The van der Waals surface area contributed by atoms with Gasteiger partial charge in [-0.25, -0.2) is 13.4 Å². The quantitative estimate of drug-likeness (QED) is 0.338. The fraction of sp³-hybridized carbons (Fsp3) is 0.524. The molecule has 0 amide bonds. The number of aryl methyl sites for hydroxylation is 1. The molecule has 10 heteroatoms. The van der Waals surface area contributed by atoms with Crippen molar-refractivity contribution in [3.05, 3.63) is 48.3 Å². The summed E-state index contributed by atoms with van der Waals surface area (Å²) in [6, 6.07) is 9.07. The molecule has 0 saturated carbocycles. The van der Waals surface area contributed by atoms with Crippen LogP contribution in [0.2, 0.25) is 0 Å². The Labute approximate surface area is 185 Å². The van der Waals surface area contributed by atoms with E-state index >= 15 is 0 Å². The number of nitrogens with zero attached hydrogens (tertiary/aromatic N) is 5. The summed E-state index contributed by atoms with van der Waals surface area (Å²) in [6.45, 7) is 7.10. The van der Waals surface area contributed by atoms with Crippen LogP contribution in [0.25, 0.3) is 0 Å². The van der Waals surface area contributed by atoms with Crippen LogP contribution >= 0.6 is 0 Å². The van der Waals surface area contributed by atoms with Crippen LogP contribution in [0.5, 0.6) is 0 Å². The summed E-state index contributed by atoms with van der Waals surface area (Å²) in [5.74, 6) is 0.676. The van der Waals surface area contributed by atoms with Gasteiger partial charge >= 0.3 is 0 Å². The minimum absolute atomic E-state index is 0.289. The molecule has 1 fully saturated rings. The van der Waals surface area contributed by atoms with Crippen molar-refractivity contribution in [1.29, 1.82) is 0 Å². The van der Waals surface area contributed by atoms with Gasteiger partial charge in [0.05, 0.1) is 11.4 Å². The number of hydrogen-bond acceptors (Lipinski definition) is 5. The molecule has 1 saturated heterocycles. The Bertz CT molecular complexity index is 936. The Morgan fingerprint density at radius 1 is 1.13 bits per heavy atom. The van der Waals surface area contributed by atoms with Gasteiger partial charge in [-0.05, 0) is 38.1 Å². The first kappa shape index (κ1) is 23.2. The molecule has 2 N–H and O–H groups in total. The average Bonchev–Trinajstić information content (AvgIpc) is 3.29. The molecule has 0 radical (unpaired) electrons. The lowest BCUT2D eigenvalue weighted by atomic mass is 10.2. The van der Waals surface area contributed by atoms with Crippen LogP contribution in [-0.4, -0.2) is 79.7 Å². The van der Waals surface area contributed by atoms with E-state index < -0.39 is 10.0 Å². The zero-order chi connectivity index (χ0) is 22.1. The van der Waals surface area contributed by atoms with E-state index in [1.165, 1.54) is 0 Å². The molecule has 3 rings (SSSR count). The van der Waals surface area contributed by atoms with Crippen molar-refractivity contribution < 1.29 is 8.42 Å². The highest BCUT2D eigenvalue weighted by Crippen LogP contribution is 2.22. The predicted octanol–water partition coefficient (Wildman–Crippen LogP) is 0.965. The van der Waals surface area contributed by atoms with Gasteiger partial charge in [-0.3, -0.25) is 4.68 Å². The molecule has 0 aliphatic carbocycles. The van der Waals surface area contributed by atoms with Crippen molar-refractivity contribution in [3.63, 3.8) is 0 Å². The Morgan fingerprint density at radius 2 is 1.90 bits per heavy atom. The molecule has 1 aliphatic rings. The molecule has 2 heterocycles. The van der Waals surface area contributed by atoms with Crippen molar-refractivity contribution >= 4 is 16.0 Å². The third-order valence-corrected chi connectivity index (χ3v) is 7.22. The van der Waals surface area contributed by atoms with E-state index in [-0.39, 0.29) is 6.54 Å². The fourth-order valence-electron chi connectivity index (χ4n) is 3.44. The molecule has 2 aromatic rings. The third-order valence-electron chi connectivity index (χ3n) is 5.22. The third kappa shape index (κ3) is 6.52. The summed E-state index contributed by atoms with van der Waals surface area (Å²) in [7, 11) is -1.52. The van der Waals surface area contributed by atoms with Crippen LogP contribution in [-0.2, 0) is 23.1 Å². The van der Waals surface area contributed by atoms with E-state index in [0.29, 0.717) is 29.5 Å². The summed E-state index contributed by atoms with van der Waals surface area (Å²) in [4.78, 5) is 7.12. The van der Waals surface area contributed by atoms with Crippen LogP contribution in [0.3, 0.4) is 0 Å². The van der Waals surface area contributed by atoms with E-state index in [2.05, 4.69) is 25.6 Å². The van der Waals surface area contributed by atoms with Crippen molar-refractivity contribution in [2.75, 3.05) is 46.3 Å². The molecule has 0 atom stereocenters. The van der Waals surface area contributed by atoms with Crippen LogP contribution < -0.4 is 10.6 Å². The highest BCUT2D eigenvalue weighted by molar-refractivity contribution is 7.89. The zero-order valence-corrected chi connectivity index (χ0v) is 19.2. The van der Waals surface area contributed by atoms with E-state index in [0.717, 1.165) is 39.1 Å². The van der Waals surface area contributed by atoms with Gasteiger partial charge in [0.1, 0.15) is 0 Å². The van der Waals surface area contributed by atoms with E-state index in [9.17, 15) is 8.42 Å². The van der Waals surface area contributed by atoms with Crippen molar-refractivity contribution in [2.24, 2.45) is 4.99 Å². The lowest BCUT2D eigenvalue weighted by molar-refractivity contribution is 0.222. The highest BCUT2D eigenvalue weighted by Gasteiger charge is 2.29. The van der Waals surface area contributed by atoms with Gasteiger partial charge in [-0.2, -0.15) is 9.40 Å². The van der Waals surface area contributed by atoms with Gasteiger partial charge in [0, 0.05) is 58.2 Å². The Kier molecular flexibility index (Phi) is 8.44. The molecule has 9 nitrogen and oxygen atoms in total. The maximum atomic E-state index is 13.2. The van der Waals surface area contributed by atoms with Crippen LogP contribution in [0, 0.1) is 0 Å². The molecule has 0 unspecified atom stereocenters. The summed E-state index contributed by atoms with van der Waals surface area (Å²) in [5.41, 5.74) is 0.704. The lowest BCUT2D eigenvalue weighted by Crippen LogP contribution is -2.47. The average molecular weight is 448 g/mol. The fourth-order valence-corrected chi connectivity index (χ4v) is 5.08. The number of sulfonamides is 1. The zero-order valence-electron chi connectivity index (χ0n) is 18.4. The molecule has 170 valence electrons. The number of hydrogen-bond donors (Lipinski definition) is 2.